The monoisotopic (exact) mass is 831 g/mol. The van der Waals surface area contributed by atoms with Gasteiger partial charge >= 0.3 is 0 Å². The van der Waals surface area contributed by atoms with Crippen LogP contribution in [0.4, 0.5) is 0 Å². The number of nitrogens with zero attached hydrogens (tertiary/aromatic N) is 3. The van der Waals surface area contributed by atoms with Crippen molar-refractivity contribution in [2.45, 2.75) is 85.3 Å². The van der Waals surface area contributed by atoms with Gasteiger partial charge in [0.15, 0.2) is 0 Å². The van der Waals surface area contributed by atoms with Gasteiger partial charge in [-0.1, -0.05) is 29.6 Å². The van der Waals surface area contributed by atoms with Gasteiger partial charge in [0.2, 0.25) is 10.2 Å². The number of benzene rings is 1. The number of nitrogens with two attached hydrogens (primary N) is 2. The fourth-order valence-corrected chi connectivity index (χ4v) is 7.07. The Labute approximate surface area is 330 Å². The van der Waals surface area contributed by atoms with Crippen LogP contribution in [-0.4, -0.2) is 187 Å². The third kappa shape index (κ3) is 15.0. The van der Waals surface area contributed by atoms with Crippen LogP contribution in [0, 0.1) is 0 Å². The molecule has 1 aromatic carbocycles. The molecule has 314 valence electrons. The molecule has 0 aliphatic carbocycles. The summed E-state index contributed by atoms with van der Waals surface area (Å²) in [5.41, 5.74) is 15.0. The van der Waals surface area contributed by atoms with E-state index in [9.17, 15) is 50.4 Å². The van der Waals surface area contributed by atoms with Crippen molar-refractivity contribution in [1.82, 2.24) is 24.8 Å². The first-order valence-corrected chi connectivity index (χ1v) is 19.5. The first-order chi connectivity index (χ1) is 26.6. The topological polar surface area (TPSA) is 358 Å². The van der Waals surface area contributed by atoms with Crippen LogP contribution in [0.25, 0.3) is 0 Å². The van der Waals surface area contributed by atoms with Gasteiger partial charge in [-0.05, 0) is 23.3 Å². The van der Waals surface area contributed by atoms with Crippen molar-refractivity contribution < 1.29 is 65.4 Å². The number of aromatic amines is 2. The van der Waals surface area contributed by atoms with Crippen LogP contribution in [0.15, 0.2) is 43.2 Å². The van der Waals surface area contributed by atoms with Crippen LogP contribution >= 0.6 is 23.5 Å². The van der Waals surface area contributed by atoms with E-state index in [2.05, 4.69) is 19.9 Å². The SMILES string of the molecule is N[C@@H](Cc1cnc[nH]1)C(=O)SCc1ccc(OCCN(C[C@H](O)[C@@H](O)[C@H](O)[C@H](O)CO)C[C@H](O)[C@@H](O)[C@H](O)[C@H](O)CO)cc1CSC(=O)[C@@H](N)Cc1cnc[nH]1. The van der Waals surface area contributed by atoms with Gasteiger partial charge in [-0.25, -0.2) is 9.97 Å². The summed E-state index contributed by atoms with van der Waals surface area (Å²) in [5.74, 6) is 0.721. The molecule has 0 radical (unpaired) electrons. The number of aliphatic hydroxyl groups excluding tert-OH is 10. The zero-order valence-electron chi connectivity index (χ0n) is 30.4. The van der Waals surface area contributed by atoms with Gasteiger partial charge in [-0.15, -0.1) is 0 Å². The predicted octanol–water partition coefficient (Wildman–Crippen LogP) is -4.65. The molecule has 3 aromatic rings. The van der Waals surface area contributed by atoms with Gasteiger partial charge in [0.25, 0.3) is 0 Å². The summed E-state index contributed by atoms with van der Waals surface area (Å²) < 4.78 is 5.96. The maximum absolute atomic E-state index is 13.0. The summed E-state index contributed by atoms with van der Waals surface area (Å²) >= 11 is 1.99. The Hall–Kier alpha value is -3.04. The highest BCUT2D eigenvalue weighted by Gasteiger charge is 2.34. The molecule has 0 aliphatic heterocycles. The Morgan fingerprint density at radius 3 is 1.57 bits per heavy atom. The van der Waals surface area contributed by atoms with Crippen molar-refractivity contribution in [2.24, 2.45) is 11.5 Å². The van der Waals surface area contributed by atoms with Crippen molar-refractivity contribution >= 4 is 33.8 Å². The van der Waals surface area contributed by atoms with E-state index < -0.39 is 87.2 Å². The van der Waals surface area contributed by atoms with Crippen molar-refractivity contribution in [3.8, 4) is 5.75 Å². The molecule has 2 heterocycles. The van der Waals surface area contributed by atoms with Crippen LogP contribution in [-0.2, 0) is 33.9 Å². The third-order valence-electron chi connectivity index (χ3n) is 8.73. The molecule has 0 amide bonds. The second kappa shape index (κ2) is 24.0. The average molecular weight is 832 g/mol. The minimum atomic E-state index is -1.95. The third-order valence-corrected chi connectivity index (χ3v) is 10.8. The average Bonchev–Trinajstić information content (AvgIpc) is 3.92. The maximum atomic E-state index is 13.0. The predicted molar refractivity (Wildman–Crippen MR) is 204 cm³/mol. The molecule has 10 atom stereocenters. The lowest BCUT2D eigenvalue weighted by Gasteiger charge is -2.33. The van der Waals surface area contributed by atoms with Gasteiger partial charge in [0, 0.05) is 67.8 Å². The number of aliphatic hydroxyl groups is 10. The minimum absolute atomic E-state index is 0.101. The van der Waals surface area contributed by atoms with Crippen LogP contribution in [0.1, 0.15) is 22.5 Å². The van der Waals surface area contributed by atoms with E-state index in [0.717, 1.165) is 29.1 Å². The van der Waals surface area contributed by atoms with E-state index in [1.807, 2.05) is 0 Å². The van der Waals surface area contributed by atoms with Gasteiger partial charge in [-0.3, -0.25) is 14.5 Å². The molecule has 16 N–H and O–H groups in total. The number of hydrogen-bond acceptors (Lipinski definition) is 20. The molecular weight excluding hydrogens is 779 g/mol. The number of ether oxygens (including phenoxy) is 1. The molecule has 3 rings (SSSR count). The summed E-state index contributed by atoms with van der Waals surface area (Å²) in [4.78, 5) is 40.9. The number of nitrogens with one attached hydrogen (secondary N) is 2. The maximum Gasteiger partial charge on any atom is 0.206 e. The van der Waals surface area contributed by atoms with Crippen LogP contribution in [0.2, 0.25) is 0 Å². The Morgan fingerprint density at radius 1 is 0.696 bits per heavy atom. The van der Waals surface area contributed by atoms with Crippen molar-refractivity contribution in [3.63, 3.8) is 0 Å². The van der Waals surface area contributed by atoms with Gasteiger partial charge in [0.05, 0.1) is 50.2 Å². The standard InChI is InChI=1S/C34H53N7O13S2/c35-23(6-20-8-37-16-39-20)33(52)55-14-18-1-2-22(5-19(18)15-56-34(53)24(36)7-21-9-38-17-40-21)54-4-3-41(10-25(44)29(48)31(50)27(46)12-42)11-26(45)30(49)32(51)28(47)13-43/h1-2,5,8-9,16-17,23-32,42-51H,3-4,6-7,10-15,35-36H2,(H,37,39)(H,38,40)/t23-,24-,25-,26-,27+,28+,29+,30+,31+,32+/m0/s1. The number of carbonyl (C=O) groups is 2. The van der Waals surface area contributed by atoms with Crippen LogP contribution in [0.5, 0.6) is 5.75 Å². The van der Waals surface area contributed by atoms with Crippen molar-refractivity contribution in [3.05, 3.63) is 65.8 Å². The molecule has 2 aromatic heterocycles. The summed E-state index contributed by atoms with van der Waals surface area (Å²) in [6.45, 7) is -2.99. The molecule has 0 saturated carbocycles. The largest absolute Gasteiger partial charge is 0.492 e. The van der Waals surface area contributed by atoms with Crippen molar-refractivity contribution in [2.75, 3.05) is 39.5 Å². The Balaban J connectivity index is 1.74. The number of aromatic nitrogens is 4. The summed E-state index contributed by atoms with van der Waals surface area (Å²) in [6, 6.07) is 3.41. The van der Waals surface area contributed by atoms with Crippen molar-refractivity contribution in [1.29, 1.82) is 0 Å². The number of imidazole rings is 2. The fraction of sp³-hybridized carbons (Fsp3) is 0.588. The van der Waals surface area contributed by atoms with E-state index >= 15 is 0 Å². The lowest BCUT2D eigenvalue weighted by atomic mass is 10.0. The molecule has 22 heteroatoms. The number of hydrogen-bond donors (Lipinski definition) is 14. The number of carbonyl (C=O) groups excluding carboxylic acids is 2. The second-order valence-corrected chi connectivity index (χ2v) is 15.1. The first-order valence-electron chi connectivity index (χ1n) is 17.6. The lowest BCUT2D eigenvalue weighted by molar-refractivity contribution is -0.130. The van der Waals surface area contributed by atoms with Gasteiger partial charge < -0.3 is 77.2 Å². The quantitative estimate of drug-likeness (QED) is 0.0362. The summed E-state index contributed by atoms with van der Waals surface area (Å²) in [7, 11) is 0. The van der Waals surface area contributed by atoms with Crippen LogP contribution < -0.4 is 16.2 Å². The number of H-pyrrole nitrogens is 2. The van der Waals surface area contributed by atoms with Gasteiger partial charge in [-0.2, -0.15) is 0 Å². The normalized spacial score (nSPS) is 17.4. The fourth-order valence-electron chi connectivity index (χ4n) is 5.33. The van der Waals surface area contributed by atoms with E-state index in [1.165, 1.54) is 17.6 Å². The molecule has 0 aliphatic rings. The van der Waals surface area contributed by atoms with Crippen LogP contribution in [0.3, 0.4) is 0 Å². The van der Waals surface area contributed by atoms with Gasteiger partial charge in [0.1, 0.15) is 49.0 Å². The zero-order valence-corrected chi connectivity index (χ0v) is 32.0. The minimum Gasteiger partial charge on any atom is -0.492 e. The summed E-state index contributed by atoms with van der Waals surface area (Å²) in [5, 5.41) is 99.3. The Kier molecular flexibility index (Phi) is 20.3. The Morgan fingerprint density at radius 2 is 1.14 bits per heavy atom. The molecule has 0 spiro atoms. The molecule has 56 heavy (non-hydrogen) atoms. The molecule has 0 fully saturated rings. The number of rotatable bonds is 26. The lowest BCUT2D eigenvalue weighted by Crippen LogP contribution is -2.53. The Bertz CT molecular complexity index is 1550. The molecular formula is C34H53N7O13S2. The highest BCUT2D eigenvalue weighted by molar-refractivity contribution is 8.13. The van der Waals surface area contributed by atoms with E-state index in [4.69, 9.17) is 26.4 Å². The first kappa shape index (κ1) is 47.3. The zero-order chi connectivity index (χ0) is 41.4. The van der Waals surface area contributed by atoms with E-state index in [0.29, 0.717) is 22.7 Å². The number of thioether (sulfide) groups is 2. The van der Waals surface area contributed by atoms with E-state index in [1.54, 1.807) is 30.6 Å². The summed E-state index contributed by atoms with van der Waals surface area (Å²) in [6.07, 6.45) is -8.17. The second-order valence-electron chi connectivity index (χ2n) is 13.1. The molecule has 0 saturated heterocycles. The highest BCUT2D eigenvalue weighted by atomic mass is 32.2. The van der Waals surface area contributed by atoms with E-state index in [-0.39, 0.29) is 47.7 Å². The molecule has 0 bridgehead atoms. The highest BCUT2D eigenvalue weighted by Crippen LogP contribution is 2.27. The smallest absolute Gasteiger partial charge is 0.206 e. The molecule has 0 unspecified atom stereocenters. The molecule has 20 nitrogen and oxygen atoms in total.